The van der Waals surface area contributed by atoms with Crippen LogP contribution in [0.1, 0.15) is 6.42 Å². The normalized spacial score (nSPS) is 14.1. The Morgan fingerprint density at radius 2 is 1.76 bits per heavy atom. The van der Waals surface area contributed by atoms with Gasteiger partial charge in [-0.2, -0.15) is 0 Å². The van der Waals surface area contributed by atoms with Gasteiger partial charge in [0.15, 0.2) is 0 Å². The molecule has 8 nitrogen and oxygen atoms in total. The van der Waals surface area contributed by atoms with Crippen LogP contribution in [0.5, 0.6) is 0 Å². The summed E-state index contributed by atoms with van der Waals surface area (Å²) in [5, 5.41) is 11.1. The molecule has 1 heterocycles. The molecule has 1 aromatic carbocycles. The van der Waals surface area contributed by atoms with Crippen molar-refractivity contribution in [2.24, 2.45) is 0 Å². The van der Waals surface area contributed by atoms with Gasteiger partial charge in [-0.1, -0.05) is 18.2 Å². The fourth-order valence-electron chi connectivity index (χ4n) is 2.62. The van der Waals surface area contributed by atoms with E-state index in [4.69, 9.17) is 5.11 Å². The molecule has 1 saturated heterocycles. The molecule has 1 aromatic rings. The number of nitrogens with zero attached hydrogens (tertiary/aromatic N) is 3. The van der Waals surface area contributed by atoms with Gasteiger partial charge in [0, 0.05) is 45.5 Å². The summed E-state index contributed by atoms with van der Waals surface area (Å²) in [5.41, 5.74) is 1.14. The zero-order chi connectivity index (χ0) is 18.2. The van der Waals surface area contributed by atoms with E-state index < -0.39 is 12.0 Å². The first-order valence-electron chi connectivity index (χ1n) is 8.26. The van der Waals surface area contributed by atoms with Gasteiger partial charge in [0.1, 0.15) is 0 Å². The molecule has 0 bridgehead atoms. The zero-order valence-corrected chi connectivity index (χ0v) is 14.4. The first-order valence-corrected chi connectivity index (χ1v) is 8.26. The number of benzene rings is 1. The predicted molar refractivity (Wildman–Crippen MR) is 93.5 cm³/mol. The lowest BCUT2D eigenvalue weighted by Gasteiger charge is -2.36. The first kappa shape index (κ1) is 18.6. The van der Waals surface area contributed by atoms with Crippen LogP contribution in [0.2, 0.25) is 0 Å². The van der Waals surface area contributed by atoms with Crippen molar-refractivity contribution >= 4 is 23.6 Å². The summed E-state index contributed by atoms with van der Waals surface area (Å²) in [6, 6.07) is 9.60. The number of amides is 3. The van der Waals surface area contributed by atoms with Crippen molar-refractivity contribution in [3.63, 3.8) is 0 Å². The van der Waals surface area contributed by atoms with Crippen LogP contribution in [0.3, 0.4) is 0 Å². The summed E-state index contributed by atoms with van der Waals surface area (Å²) in [5.74, 6) is -1.10. The van der Waals surface area contributed by atoms with Crippen molar-refractivity contribution in [1.82, 2.24) is 15.1 Å². The van der Waals surface area contributed by atoms with Gasteiger partial charge in [0.05, 0.1) is 13.0 Å². The van der Waals surface area contributed by atoms with Crippen molar-refractivity contribution in [2.75, 3.05) is 51.2 Å². The minimum absolute atomic E-state index is 0.0818. The Morgan fingerprint density at radius 3 is 2.36 bits per heavy atom. The van der Waals surface area contributed by atoms with E-state index in [9.17, 15) is 14.4 Å². The van der Waals surface area contributed by atoms with E-state index in [-0.39, 0.29) is 25.4 Å². The number of hydrogen-bond acceptors (Lipinski definition) is 4. The summed E-state index contributed by atoms with van der Waals surface area (Å²) < 4.78 is 0. The average molecular weight is 348 g/mol. The van der Waals surface area contributed by atoms with Crippen molar-refractivity contribution in [3.05, 3.63) is 30.3 Å². The number of piperazine rings is 1. The van der Waals surface area contributed by atoms with Crippen molar-refractivity contribution in [3.8, 4) is 0 Å². The van der Waals surface area contributed by atoms with Crippen LogP contribution < -0.4 is 10.2 Å². The van der Waals surface area contributed by atoms with E-state index in [1.807, 2.05) is 30.3 Å². The van der Waals surface area contributed by atoms with E-state index in [1.165, 1.54) is 11.9 Å². The molecule has 1 aliphatic heterocycles. The van der Waals surface area contributed by atoms with Crippen LogP contribution in [0.15, 0.2) is 30.3 Å². The van der Waals surface area contributed by atoms with Crippen LogP contribution in [-0.4, -0.2) is 79.1 Å². The van der Waals surface area contributed by atoms with Crippen molar-refractivity contribution in [1.29, 1.82) is 0 Å². The second-order valence-electron chi connectivity index (χ2n) is 5.93. The standard InChI is InChI=1S/C17H24N4O4/c1-19(8-7-16(23)24)17(25)18-13-15(22)21-11-9-20(10-12-21)14-5-3-2-4-6-14/h2-6H,7-13H2,1H3,(H,18,25)(H,23,24). The summed E-state index contributed by atoms with van der Waals surface area (Å²) in [6.45, 7) is 2.74. The fourth-order valence-corrected chi connectivity index (χ4v) is 2.62. The number of aliphatic carboxylic acids is 1. The molecular weight excluding hydrogens is 324 g/mol. The number of para-hydroxylation sites is 1. The van der Waals surface area contributed by atoms with E-state index in [2.05, 4.69) is 10.2 Å². The Kier molecular flexibility index (Phi) is 6.62. The summed E-state index contributed by atoms with van der Waals surface area (Å²) in [6.07, 6.45) is -0.126. The van der Waals surface area contributed by atoms with Crippen LogP contribution in [0.25, 0.3) is 0 Å². The molecule has 1 aliphatic rings. The predicted octanol–water partition coefficient (Wildman–Crippen LogP) is 0.451. The Hall–Kier alpha value is -2.77. The minimum Gasteiger partial charge on any atom is -0.481 e. The second kappa shape index (κ2) is 8.91. The highest BCUT2D eigenvalue weighted by Gasteiger charge is 2.21. The lowest BCUT2D eigenvalue weighted by molar-refractivity contribution is -0.137. The third-order valence-electron chi connectivity index (χ3n) is 4.15. The summed E-state index contributed by atoms with van der Waals surface area (Å²) in [4.78, 5) is 39.8. The molecule has 0 unspecified atom stereocenters. The number of carboxylic acid groups (broad SMARTS) is 1. The second-order valence-corrected chi connectivity index (χ2v) is 5.93. The number of hydrogen-bond donors (Lipinski definition) is 2. The van der Waals surface area contributed by atoms with Crippen molar-refractivity contribution < 1.29 is 19.5 Å². The number of carbonyl (C=O) groups is 3. The average Bonchev–Trinajstić information content (AvgIpc) is 2.64. The Balaban J connectivity index is 1.72. The van der Waals surface area contributed by atoms with Gasteiger partial charge >= 0.3 is 12.0 Å². The Morgan fingerprint density at radius 1 is 1.12 bits per heavy atom. The highest BCUT2D eigenvalue weighted by molar-refractivity contribution is 5.84. The number of carbonyl (C=O) groups excluding carboxylic acids is 2. The molecule has 0 aliphatic carbocycles. The van der Waals surface area contributed by atoms with Gasteiger partial charge in [-0.3, -0.25) is 9.59 Å². The molecule has 2 N–H and O–H groups in total. The Labute approximate surface area is 147 Å². The highest BCUT2D eigenvalue weighted by Crippen LogP contribution is 2.15. The van der Waals surface area contributed by atoms with Crippen LogP contribution in [0, 0.1) is 0 Å². The monoisotopic (exact) mass is 348 g/mol. The molecule has 1 fully saturated rings. The van der Waals surface area contributed by atoms with Gasteiger partial charge in [0.25, 0.3) is 0 Å². The number of rotatable bonds is 6. The molecule has 0 radical (unpaired) electrons. The molecule has 0 atom stereocenters. The quantitative estimate of drug-likeness (QED) is 0.779. The lowest BCUT2D eigenvalue weighted by atomic mass is 10.2. The molecule has 0 saturated carbocycles. The fraction of sp³-hybridized carbons (Fsp3) is 0.471. The number of nitrogens with one attached hydrogen (secondary N) is 1. The van der Waals surface area contributed by atoms with Crippen LogP contribution >= 0.6 is 0 Å². The maximum absolute atomic E-state index is 12.2. The number of anilines is 1. The lowest BCUT2D eigenvalue weighted by Crippen LogP contribution is -2.52. The van der Waals surface area contributed by atoms with Crippen LogP contribution in [0.4, 0.5) is 10.5 Å². The van der Waals surface area contributed by atoms with Gasteiger partial charge in [-0.15, -0.1) is 0 Å². The van der Waals surface area contributed by atoms with E-state index in [0.717, 1.165) is 18.8 Å². The van der Waals surface area contributed by atoms with E-state index >= 15 is 0 Å². The maximum Gasteiger partial charge on any atom is 0.317 e. The van der Waals surface area contributed by atoms with Gasteiger partial charge in [0.2, 0.25) is 5.91 Å². The molecule has 25 heavy (non-hydrogen) atoms. The molecule has 2 rings (SSSR count). The third-order valence-corrected chi connectivity index (χ3v) is 4.15. The molecule has 8 heteroatoms. The largest absolute Gasteiger partial charge is 0.481 e. The molecule has 0 aromatic heterocycles. The van der Waals surface area contributed by atoms with Gasteiger partial charge in [-0.05, 0) is 12.1 Å². The van der Waals surface area contributed by atoms with Gasteiger partial charge in [-0.25, -0.2) is 4.79 Å². The SMILES string of the molecule is CN(CCC(=O)O)C(=O)NCC(=O)N1CCN(c2ccccc2)CC1. The highest BCUT2D eigenvalue weighted by atomic mass is 16.4. The maximum atomic E-state index is 12.2. The first-order chi connectivity index (χ1) is 12.0. The molecule has 3 amide bonds. The van der Waals surface area contributed by atoms with Gasteiger partial charge < -0.3 is 25.1 Å². The molecular formula is C17H24N4O4. The summed E-state index contributed by atoms with van der Waals surface area (Å²) >= 11 is 0. The number of carboxylic acids is 1. The molecule has 0 spiro atoms. The molecule has 136 valence electrons. The summed E-state index contributed by atoms with van der Waals surface area (Å²) in [7, 11) is 1.50. The number of urea groups is 1. The van der Waals surface area contributed by atoms with Crippen molar-refractivity contribution in [2.45, 2.75) is 6.42 Å². The minimum atomic E-state index is -0.966. The smallest absolute Gasteiger partial charge is 0.317 e. The third kappa shape index (κ3) is 5.66. The van der Waals surface area contributed by atoms with E-state index in [1.54, 1.807) is 4.90 Å². The zero-order valence-electron chi connectivity index (χ0n) is 14.4. The van der Waals surface area contributed by atoms with E-state index in [0.29, 0.717) is 13.1 Å². The van der Waals surface area contributed by atoms with Crippen LogP contribution in [-0.2, 0) is 9.59 Å². The Bertz CT molecular complexity index is 600. The topological polar surface area (TPSA) is 93.2 Å².